The first kappa shape index (κ1) is 16.0. The van der Waals surface area contributed by atoms with Crippen molar-refractivity contribution in [3.63, 3.8) is 0 Å². The van der Waals surface area contributed by atoms with Crippen LogP contribution in [0, 0.1) is 11.5 Å². The second-order valence-corrected chi connectivity index (χ2v) is 5.96. The highest BCUT2D eigenvalue weighted by Crippen LogP contribution is 2.18. The summed E-state index contributed by atoms with van der Waals surface area (Å²) in [7, 11) is 0. The number of aryl methyl sites for hydroxylation is 1. The van der Waals surface area contributed by atoms with Crippen molar-refractivity contribution in [2.45, 2.75) is 26.4 Å². The molecule has 4 aromatic rings. The van der Waals surface area contributed by atoms with E-state index in [9.17, 15) is 5.26 Å². The van der Waals surface area contributed by atoms with Crippen LogP contribution in [0.2, 0.25) is 0 Å². The topological polar surface area (TPSA) is 76.2 Å². The standard InChI is InChI=1S/C19H18N7/c1-2-10-26-17(23-15-6-5-8-21-18(15)26)13-24-12-9-22-19(24)16-7-3-4-11-25(16)14-20/h3-9,11-12H,2,10,13H2,1H3/q+1. The van der Waals surface area contributed by atoms with E-state index in [0.29, 0.717) is 6.54 Å². The zero-order valence-corrected chi connectivity index (χ0v) is 14.4. The fraction of sp³-hybridized carbons (Fsp3) is 0.211. The molecule has 0 spiro atoms. The first-order valence-corrected chi connectivity index (χ1v) is 8.54. The second kappa shape index (κ2) is 6.76. The number of hydrogen-bond acceptors (Lipinski definition) is 4. The van der Waals surface area contributed by atoms with Gasteiger partial charge in [0, 0.05) is 25.1 Å². The molecule has 0 atom stereocenters. The summed E-state index contributed by atoms with van der Waals surface area (Å²) in [6.45, 7) is 3.56. The fourth-order valence-electron chi connectivity index (χ4n) is 3.12. The Kier molecular flexibility index (Phi) is 4.15. The molecule has 0 aromatic carbocycles. The van der Waals surface area contributed by atoms with Gasteiger partial charge in [0.25, 0.3) is 0 Å². The number of rotatable bonds is 5. The Morgan fingerprint density at radius 3 is 2.92 bits per heavy atom. The lowest BCUT2D eigenvalue weighted by molar-refractivity contribution is -0.575. The predicted octanol–water partition coefficient (Wildman–Crippen LogP) is 2.37. The van der Waals surface area contributed by atoms with E-state index in [1.165, 1.54) is 4.57 Å². The van der Waals surface area contributed by atoms with E-state index in [0.717, 1.165) is 41.5 Å². The molecular weight excluding hydrogens is 326 g/mol. The van der Waals surface area contributed by atoms with Gasteiger partial charge in [0.1, 0.15) is 17.5 Å². The molecule has 0 aliphatic rings. The summed E-state index contributed by atoms with van der Waals surface area (Å²) in [6.07, 6.45) is 10.3. The molecule has 7 heteroatoms. The normalized spacial score (nSPS) is 10.9. The van der Waals surface area contributed by atoms with E-state index in [-0.39, 0.29) is 0 Å². The van der Waals surface area contributed by atoms with Gasteiger partial charge in [-0.3, -0.25) is 0 Å². The minimum atomic E-state index is 0.562. The van der Waals surface area contributed by atoms with Crippen molar-refractivity contribution in [3.8, 4) is 17.7 Å². The lowest BCUT2D eigenvalue weighted by Crippen LogP contribution is -2.31. The van der Waals surface area contributed by atoms with Crippen LogP contribution in [0.15, 0.2) is 55.1 Å². The molecule has 0 aliphatic carbocycles. The van der Waals surface area contributed by atoms with E-state index in [1.54, 1.807) is 18.6 Å². The van der Waals surface area contributed by atoms with Crippen LogP contribution in [0.5, 0.6) is 0 Å². The summed E-state index contributed by atoms with van der Waals surface area (Å²) in [4.78, 5) is 13.7. The maximum atomic E-state index is 9.36. The molecule has 7 nitrogen and oxygen atoms in total. The van der Waals surface area contributed by atoms with Crippen LogP contribution in [0.25, 0.3) is 22.7 Å². The molecule has 0 N–H and O–H groups in total. The average molecular weight is 344 g/mol. The van der Waals surface area contributed by atoms with Gasteiger partial charge in [-0.2, -0.15) is 0 Å². The van der Waals surface area contributed by atoms with Gasteiger partial charge >= 0.3 is 6.19 Å². The van der Waals surface area contributed by atoms with Crippen LogP contribution in [0.3, 0.4) is 0 Å². The minimum Gasteiger partial charge on any atom is -0.320 e. The molecule has 0 bridgehead atoms. The molecule has 128 valence electrons. The van der Waals surface area contributed by atoms with Crippen molar-refractivity contribution >= 4 is 11.2 Å². The zero-order chi connectivity index (χ0) is 17.9. The number of fused-ring (bicyclic) bond motifs is 1. The van der Waals surface area contributed by atoms with Crippen LogP contribution < -0.4 is 4.57 Å². The highest BCUT2D eigenvalue weighted by atomic mass is 15.2. The molecule has 26 heavy (non-hydrogen) atoms. The minimum absolute atomic E-state index is 0.562. The molecule has 0 unspecified atom stereocenters. The summed E-state index contributed by atoms with van der Waals surface area (Å²) < 4.78 is 5.68. The molecule has 0 saturated heterocycles. The lowest BCUT2D eigenvalue weighted by atomic mass is 10.3. The third-order valence-corrected chi connectivity index (χ3v) is 4.25. The number of imidazole rings is 2. The highest BCUT2D eigenvalue weighted by Gasteiger charge is 2.17. The smallest absolute Gasteiger partial charge is 0.320 e. The van der Waals surface area contributed by atoms with Gasteiger partial charge in [-0.05, 0) is 30.7 Å². The summed E-state index contributed by atoms with van der Waals surface area (Å²) >= 11 is 0. The van der Waals surface area contributed by atoms with Gasteiger partial charge in [0.05, 0.1) is 6.54 Å². The Labute approximate surface area is 150 Å². The Morgan fingerprint density at radius 1 is 1.15 bits per heavy atom. The molecule has 0 saturated carbocycles. The van der Waals surface area contributed by atoms with Crippen LogP contribution in [0.4, 0.5) is 0 Å². The van der Waals surface area contributed by atoms with Crippen LogP contribution in [-0.4, -0.2) is 24.1 Å². The highest BCUT2D eigenvalue weighted by molar-refractivity contribution is 5.71. The predicted molar refractivity (Wildman–Crippen MR) is 95.8 cm³/mol. The average Bonchev–Trinajstić information content (AvgIpc) is 3.27. The van der Waals surface area contributed by atoms with E-state index < -0.39 is 0 Å². The Balaban J connectivity index is 1.78. The first-order chi connectivity index (χ1) is 12.8. The molecule has 4 heterocycles. The van der Waals surface area contributed by atoms with Gasteiger partial charge < -0.3 is 9.13 Å². The van der Waals surface area contributed by atoms with Gasteiger partial charge in [-0.25, -0.2) is 15.0 Å². The Morgan fingerprint density at radius 2 is 2.08 bits per heavy atom. The molecule has 4 rings (SSSR count). The molecule has 0 aliphatic heterocycles. The molecular formula is C19H18N7+. The molecule has 4 aromatic heterocycles. The zero-order valence-electron chi connectivity index (χ0n) is 14.4. The van der Waals surface area contributed by atoms with Gasteiger partial charge in [0.2, 0.25) is 0 Å². The Hall–Kier alpha value is -3.53. The van der Waals surface area contributed by atoms with Crippen LogP contribution in [-0.2, 0) is 13.1 Å². The van der Waals surface area contributed by atoms with Crippen LogP contribution in [0.1, 0.15) is 19.2 Å². The number of nitriles is 1. The number of nitrogens with zero attached hydrogens (tertiary/aromatic N) is 7. The second-order valence-electron chi connectivity index (χ2n) is 5.96. The van der Waals surface area contributed by atoms with Crippen molar-refractivity contribution in [1.82, 2.24) is 24.1 Å². The maximum Gasteiger partial charge on any atom is 0.464 e. The number of aromatic nitrogens is 6. The van der Waals surface area contributed by atoms with Gasteiger partial charge in [0.15, 0.2) is 22.4 Å². The number of pyridine rings is 2. The summed E-state index contributed by atoms with van der Waals surface area (Å²) in [6, 6.07) is 9.49. The third-order valence-electron chi connectivity index (χ3n) is 4.25. The largest absolute Gasteiger partial charge is 0.464 e. The lowest BCUT2D eigenvalue weighted by Gasteiger charge is -2.10. The van der Waals surface area contributed by atoms with Crippen LogP contribution >= 0.6 is 0 Å². The SMILES string of the molecule is CCCn1c(Cn2ccnc2-c2cccc[n+]2C#N)nc2cccnc21. The third kappa shape index (κ3) is 2.71. The quantitative estimate of drug-likeness (QED) is 0.521. The molecule has 0 fully saturated rings. The fourth-order valence-corrected chi connectivity index (χ4v) is 3.12. The van der Waals surface area contributed by atoms with Gasteiger partial charge in [-0.1, -0.05) is 13.0 Å². The summed E-state index contributed by atoms with van der Waals surface area (Å²) in [5.41, 5.74) is 2.54. The summed E-state index contributed by atoms with van der Waals surface area (Å²) in [5, 5.41) is 9.36. The monoisotopic (exact) mass is 344 g/mol. The van der Waals surface area contributed by atoms with Gasteiger partial charge in [-0.15, -0.1) is 4.57 Å². The molecule has 0 amide bonds. The van der Waals surface area contributed by atoms with Crippen molar-refractivity contribution < 1.29 is 4.57 Å². The van der Waals surface area contributed by atoms with Crippen molar-refractivity contribution in [1.29, 1.82) is 5.26 Å². The van der Waals surface area contributed by atoms with E-state index in [1.807, 2.05) is 41.1 Å². The first-order valence-electron chi connectivity index (χ1n) is 8.54. The maximum absolute atomic E-state index is 9.36. The summed E-state index contributed by atoms with van der Waals surface area (Å²) in [5.74, 6) is 1.66. The van der Waals surface area contributed by atoms with Crippen molar-refractivity contribution in [3.05, 3.63) is 60.9 Å². The number of hydrogen-bond donors (Lipinski definition) is 0. The van der Waals surface area contributed by atoms with E-state index >= 15 is 0 Å². The van der Waals surface area contributed by atoms with E-state index in [4.69, 9.17) is 4.98 Å². The Bertz CT molecular complexity index is 1100. The van der Waals surface area contributed by atoms with Crippen molar-refractivity contribution in [2.75, 3.05) is 0 Å². The van der Waals surface area contributed by atoms with Crippen molar-refractivity contribution in [2.24, 2.45) is 0 Å². The molecule has 0 radical (unpaired) electrons. The van der Waals surface area contributed by atoms with E-state index in [2.05, 4.69) is 27.7 Å².